The molecule has 0 spiro atoms. The summed E-state index contributed by atoms with van der Waals surface area (Å²) in [5, 5.41) is 11.9. The molecule has 0 aromatic carbocycles. The molecule has 9 heteroatoms. The monoisotopic (exact) mass is 335 g/mol. The van der Waals surface area contributed by atoms with Gasteiger partial charge in [0.2, 0.25) is 11.9 Å². The Morgan fingerprint density at radius 3 is 2.88 bits per heavy atom. The Bertz CT molecular complexity index is 745. The van der Waals surface area contributed by atoms with Gasteiger partial charge in [-0.05, 0) is 18.2 Å². The van der Waals surface area contributed by atoms with E-state index >= 15 is 0 Å². The van der Waals surface area contributed by atoms with E-state index in [4.69, 9.17) is 5.11 Å². The minimum Gasteiger partial charge on any atom is -0.465 e. The van der Waals surface area contributed by atoms with Crippen molar-refractivity contribution >= 4 is 12.0 Å². The molecule has 0 radical (unpaired) electrons. The number of nitrogens with zero attached hydrogens (tertiary/aromatic N) is 4. The van der Waals surface area contributed by atoms with Crippen molar-refractivity contribution in [3.63, 3.8) is 0 Å². The molecule has 1 saturated heterocycles. The molecule has 3 heterocycles. The van der Waals surface area contributed by atoms with E-state index in [1.165, 1.54) is 18.5 Å². The largest absolute Gasteiger partial charge is 0.465 e. The lowest BCUT2D eigenvalue weighted by atomic mass is 10.0. The number of alkyl halides is 1. The molecule has 3 rings (SSSR count). The van der Waals surface area contributed by atoms with Crippen LogP contribution in [0.1, 0.15) is 6.42 Å². The topological polar surface area (TPSA) is 91.2 Å². The van der Waals surface area contributed by atoms with Crippen LogP contribution in [-0.2, 0) is 0 Å². The number of pyridine rings is 1. The normalized spacial score (nSPS) is 20.7. The number of halogens is 2. The number of carboxylic acid groups (broad SMARTS) is 1. The molecule has 1 aliphatic rings. The highest BCUT2D eigenvalue weighted by molar-refractivity contribution is 5.65. The summed E-state index contributed by atoms with van der Waals surface area (Å²) in [4.78, 5) is 23.8. The summed E-state index contributed by atoms with van der Waals surface area (Å²) >= 11 is 0. The first kappa shape index (κ1) is 16.0. The zero-order valence-electron chi connectivity index (χ0n) is 12.6. The first-order valence-electron chi connectivity index (χ1n) is 7.35. The number of hydrogen-bond donors (Lipinski definition) is 2. The number of aromatic nitrogens is 3. The smallest absolute Gasteiger partial charge is 0.407 e. The van der Waals surface area contributed by atoms with Gasteiger partial charge in [-0.1, -0.05) is 0 Å². The van der Waals surface area contributed by atoms with E-state index in [1.807, 2.05) is 0 Å². The highest BCUT2D eigenvalue weighted by Gasteiger charge is 2.30. The summed E-state index contributed by atoms with van der Waals surface area (Å²) in [6.07, 6.45) is 0.506. The number of anilines is 1. The summed E-state index contributed by atoms with van der Waals surface area (Å²) in [7, 11) is 0. The Hall–Kier alpha value is -2.84. The lowest BCUT2D eigenvalue weighted by molar-refractivity contribution is 0.102. The van der Waals surface area contributed by atoms with Gasteiger partial charge in [-0.15, -0.1) is 0 Å². The van der Waals surface area contributed by atoms with Crippen LogP contribution in [0, 0.1) is 5.95 Å². The molecule has 126 valence electrons. The number of carbonyl (C=O) groups is 1. The van der Waals surface area contributed by atoms with Crippen LogP contribution in [0.25, 0.3) is 11.3 Å². The van der Waals surface area contributed by atoms with Crippen LogP contribution in [-0.4, -0.2) is 56.4 Å². The van der Waals surface area contributed by atoms with Gasteiger partial charge in [0.1, 0.15) is 6.17 Å². The van der Waals surface area contributed by atoms with Crippen LogP contribution in [0.5, 0.6) is 0 Å². The summed E-state index contributed by atoms with van der Waals surface area (Å²) in [5.41, 5.74) is 0.558. The maximum atomic E-state index is 13.7. The summed E-state index contributed by atoms with van der Waals surface area (Å²) in [6, 6.07) is 4.21. The van der Waals surface area contributed by atoms with Crippen molar-refractivity contribution in [1.29, 1.82) is 0 Å². The van der Waals surface area contributed by atoms with Crippen molar-refractivity contribution in [3.8, 4) is 11.3 Å². The van der Waals surface area contributed by atoms with Gasteiger partial charge in [0.25, 0.3) is 0 Å². The number of hydrogen-bond acceptors (Lipinski definition) is 5. The maximum absolute atomic E-state index is 13.7. The highest BCUT2D eigenvalue weighted by Crippen LogP contribution is 2.21. The number of nitrogens with one attached hydrogen (secondary N) is 1. The third-order valence-electron chi connectivity index (χ3n) is 3.69. The number of amides is 1. The Morgan fingerprint density at radius 2 is 2.12 bits per heavy atom. The second-order valence-electron chi connectivity index (χ2n) is 5.47. The number of rotatable bonds is 3. The Labute approximate surface area is 136 Å². The Morgan fingerprint density at radius 1 is 1.29 bits per heavy atom. The van der Waals surface area contributed by atoms with E-state index < -0.39 is 24.3 Å². The van der Waals surface area contributed by atoms with Gasteiger partial charge in [0.05, 0.1) is 17.8 Å². The minimum atomic E-state index is -1.26. The number of likely N-dealkylation sites (tertiary alicyclic amines) is 1. The Balaban J connectivity index is 1.77. The van der Waals surface area contributed by atoms with E-state index in [1.54, 1.807) is 12.1 Å². The van der Waals surface area contributed by atoms with Gasteiger partial charge in [0.15, 0.2) is 0 Å². The molecular weight excluding hydrogens is 320 g/mol. The van der Waals surface area contributed by atoms with Gasteiger partial charge < -0.3 is 15.3 Å². The molecule has 0 unspecified atom stereocenters. The fraction of sp³-hybridized carbons (Fsp3) is 0.333. The molecule has 1 fully saturated rings. The molecule has 2 atom stereocenters. The SMILES string of the molecule is O=C(O)N1C[C@@H](F)C[C@H](Nc2nccc(-c3cccnc3F)n2)C1. The molecule has 2 aromatic heterocycles. The first-order valence-corrected chi connectivity index (χ1v) is 7.35. The van der Waals surface area contributed by atoms with Gasteiger partial charge in [0, 0.05) is 31.4 Å². The van der Waals surface area contributed by atoms with Crippen molar-refractivity contribution in [2.75, 3.05) is 18.4 Å². The van der Waals surface area contributed by atoms with Crippen molar-refractivity contribution in [1.82, 2.24) is 19.9 Å². The molecular formula is C15H15F2N5O2. The molecule has 24 heavy (non-hydrogen) atoms. The predicted molar refractivity (Wildman–Crippen MR) is 81.7 cm³/mol. The molecule has 0 saturated carbocycles. The van der Waals surface area contributed by atoms with Gasteiger partial charge >= 0.3 is 6.09 Å². The van der Waals surface area contributed by atoms with Crippen molar-refractivity contribution in [3.05, 3.63) is 36.5 Å². The van der Waals surface area contributed by atoms with Gasteiger partial charge in [-0.3, -0.25) is 0 Å². The van der Waals surface area contributed by atoms with Crippen molar-refractivity contribution in [2.24, 2.45) is 0 Å². The average Bonchev–Trinajstić information content (AvgIpc) is 2.55. The second kappa shape index (κ2) is 6.73. The van der Waals surface area contributed by atoms with E-state index in [0.717, 1.165) is 4.90 Å². The predicted octanol–water partition coefficient (Wildman–Crippen LogP) is 2.18. The van der Waals surface area contributed by atoms with E-state index in [-0.39, 0.29) is 31.0 Å². The maximum Gasteiger partial charge on any atom is 0.407 e. The zero-order chi connectivity index (χ0) is 17.1. The zero-order valence-corrected chi connectivity index (χ0v) is 12.6. The lowest BCUT2D eigenvalue weighted by Gasteiger charge is -2.33. The van der Waals surface area contributed by atoms with Crippen LogP contribution < -0.4 is 5.32 Å². The molecule has 0 bridgehead atoms. The van der Waals surface area contributed by atoms with E-state index in [9.17, 15) is 13.6 Å². The van der Waals surface area contributed by atoms with E-state index in [2.05, 4.69) is 20.3 Å². The third kappa shape index (κ3) is 3.55. The molecule has 2 aromatic rings. The van der Waals surface area contributed by atoms with Crippen molar-refractivity contribution < 1.29 is 18.7 Å². The average molecular weight is 335 g/mol. The first-order chi connectivity index (χ1) is 11.5. The van der Waals surface area contributed by atoms with Crippen LogP contribution in [0.2, 0.25) is 0 Å². The quantitative estimate of drug-likeness (QED) is 0.836. The molecule has 1 aliphatic heterocycles. The van der Waals surface area contributed by atoms with Crippen LogP contribution >= 0.6 is 0 Å². The highest BCUT2D eigenvalue weighted by atomic mass is 19.1. The fourth-order valence-corrected chi connectivity index (χ4v) is 2.64. The van der Waals surface area contributed by atoms with Gasteiger partial charge in [-0.2, -0.15) is 4.39 Å². The minimum absolute atomic E-state index is 0.130. The number of piperidine rings is 1. The lowest BCUT2D eigenvalue weighted by Crippen LogP contribution is -2.49. The molecule has 2 N–H and O–H groups in total. The molecule has 7 nitrogen and oxygen atoms in total. The summed E-state index contributed by atoms with van der Waals surface area (Å²) in [6.45, 7) is -0.0140. The second-order valence-corrected chi connectivity index (χ2v) is 5.47. The summed E-state index contributed by atoms with van der Waals surface area (Å²) in [5.74, 6) is -0.471. The Kier molecular flexibility index (Phi) is 4.50. The van der Waals surface area contributed by atoms with Crippen LogP contribution in [0.3, 0.4) is 0 Å². The summed E-state index contributed by atoms with van der Waals surface area (Å²) < 4.78 is 27.4. The fourth-order valence-electron chi connectivity index (χ4n) is 2.64. The third-order valence-corrected chi connectivity index (χ3v) is 3.69. The standard InChI is InChI=1S/C15H15F2N5O2/c16-9-6-10(8-22(7-9)15(23)24)20-14-19-5-3-12(21-14)11-2-1-4-18-13(11)17/h1-5,9-10H,6-8H2,(H,23,24)(H,19,20,21)/t9-,10-/m0/s1. The van der Waals surface area contributed by atoms with E-state index in [0.29, 0.717) is 5.69 Å². The molecule has 0 aliphatic carbocycles. The molecule has 1 amide bonds. The van der Waals surface area contributed by atoms with Crippen molar-refractivity contribution in [2.45, 2.75) is 18.6 Å². The van der Waals surface area contributed by atoms with Crippen LogP contribution in [0.15, 0.2) is 30.6 Å². The van der Waals surface area contributed by atoms with Gasteiger partial charge in [-0.25, -0.2) is 24.1 Å². The van der Waals surface area contributed by atoms with Crippen LogP contribution in [0.4, 0.5) is 19.5 Å².